The molecule has 2 unspecified atom stereocenters. The van der Waals surface area contributed by atoms with Crippen molar-refractivity contribution in [2.45, 2.75) is 57.9 Å². The molecular weight excluding hydrogens is 282 g/mol. The van der Waals surface area contributed by atoms with Gasteiger partial charge in [0, 0.05) is 17.3 Å². The number of nitrogens with zero attached hydrogens (tertiary/aromatic N) is 1. The van der Waals surface area contributed by atoms with Crippen molar-refractivity contribution in [2.24, 2.45) is 23.5 Å². The molecule has 0 spiro atoms. The van der Waals surface area contributed by atoms with Gasteiger partial charge in [-0.25, -0.2) is 4.98 Å². The number of nitrogens with one attached hydrogen (secondary N) is 1. The summed E-state index contributed by atoms with van der Waals surface area (Å²) in [6.45, 7) is 4.23. The zero-order chi connectivity index (χ0) is 15.0. The van der Waals surface area contributed by atoms with Gasteiger partial charge in [-0.3, -0.25) is 4.79 Å². The molecule has 1 aromatic heterocycles. The molecule has 5 heteroatoms. The normalized spacial score (nSPS) is 32.2. The molecule has 2 saturated carbocycles. The standard InChI is InChI=1S/C16H25N3OS/c1-9(2)13-8-21-16(18-13)19-15(20)12-6-10-4-3-5-11(7-12)14(10)17/h8-12,14H,3-7,17H2,1-2H3,(H,18,19,20). The molecule has 2 aliphatic rings. The summed E-state index contributed by atoms with van der Waals surface area (Å²) in [5.74, 6) is 1.74. The average Bonchev–Trinajstić information content (AvgIpc) is 2.87. The first-order valence-electron chi connectivity index (χ1n) is 8.06. The van der Waals surface area contributed by atoms with Gasteiger partial charge in [0.1, 0.15) is 0 Å². The fourth-order valence-corrected chi connectivity index (χ4v) is 4.69. The van der Waals surface area contributed by atoms with Gasteiger partial charge in [-0.15, -0.1) is 11.3 Å². The fraction of sp³-hybridized carbons (Fsp3) is 0.750. The Hall–Kier alpha value is -0.940. The number of amides is 1. The highest BCUT2D eigenvalue weighted by atomic mass is 32.1. The van der Waals surface area contributed by atoms with Crippen LogP contribution >= 0.6 is 11.3 Å². The molecule has 1 amide bonds. The first kappa shape index (κ1) is 15.0. The van der Waals surface area contributed by atoms with Gasteiger partial charge in [0.05, 0.1) is 5.69 Å². The van der Waals surface area contributed by atoms with Crippen LogP contribution in [0.5, 0.6) is 0 Å². The number of rotatable bonds is 3. The molecular formula is C16H25N3OS. The number of hydrogen-bond donors (Lipinski definition) is 2. The minimum absolute atomic E-state index is 0.117. The molecule has 2 bridgehead atoms. The number of anilines is 1. The Morgan fingerprint density at radius 3 is 2.62 bits per heavy atom. The lowest BCUT2D eigenvalue weighted by Crippen LogP contribution is -2.48. The summed E-state index contributed by atoms with van der Waals surface area (Å²) >= 11 is 1.52. The average molecular weight is 307 g/mol. The number of carbonyl (C=O) groups is 1. The molecule has 0 radical (unpaired) electrons. The van der Waals surface area contributed by atoms with Gasteiger partial charge in [-0.05, 0) is 43.4 Å². The van der Waals surface area contributed by atoms with Crippen molar-refractivity contribution in [3.8, 4) is 0 Å². The molecule has 116 valence electrons. The second-order valence-corrected chi connectivity index (χ2v) is 7.78. The van der Waals surface area contributed by atoms with E-state index in [1.165, 1.54) is 30.6 Å². The number of carbonyl (C=O) groups excluding carboxylic acids is 1. The molecule has 1 heterocycles. The van der Waals surface area contributed by atoms with Crippen molar-refractivity contribution in [3.63, 3.8) is 0 Å². The van der Waals surface area contributed by atoms with E-state index >= 15 is 0 Å². The molecule has 2 aliphatic carbocycles. The highest BCUT2D eigenvalue weighted by Crippen LogP contribution is 2.42. The zero-order valence-electron chi connectivity index (χ0n) is 12.8. The zero-order valence-corrected chi connectivity index (χ0v) is 13.7. The maximum Gasteiger partial charge on any atom is 0.229 e. The number of fused-ring (bicyclic) bond motifs is 2. The topological polar surface area (TPSA) is 68.0 Å². The minimum Gasteiger partial charge on any atom is -0.327 e. The first-order chi connectivity index (χ1) is 10.0. The van der Waals surface area contributed by atoms with Gasteiger partial charge < -0.3 is 11.1 Å². The predicted octanol–water partition coefficient (Wildman–Crippen LogP) is 3.36. The minimum atomic E-state index is 0.117. The Morgan fingerprint density at radius 1 is 1.38 bits per heavy atom. The van der Waals surface area contributed by atoms with E-state index in [1.54, 1.807) is 0 Å². The van der Waals surface area contributed by atoms with Gasteiger partial charge in [-0.1, -0.05) is 20.3 Å². The van der Waals surface area contributed by atoms with Crippen LogP contribution in [0.2, 0.25) is 0 Å². The van der Waals surface area contributed by atoms with Crippen LogP contribution < -0.4 is 11.1 Å². The highest BCUT2D eigenvalue weighted by Gasteiger charge is 2.40. The lowest BCUT2D eigenvalue weighted by atomic mass is 9.65. The predicted molar refractivity (Wildman–Crippen MR) is 86.4 cm³/mol. The van der Waals surface area contributed by atoms with Gasteiger partial charge >= 0.3 is 0 Å². The molecule has 3 rings (SSSR count). The second-order valence-electron chi connectivity index (χ2n) is 6.92. The lowest BCUT2D eigenvalue weighted by Gasteiger charge is -2.43. The van der Waals surface area contributed by atoms with E-state index in [-0.39, 0.29) is 11.8 Å². The monoisotopic (exact) mass is 307 g/mol. The van der Waals surface area contributed by atoms with E-state index in [0.717, 1.165) is 23.7 Å². The molecule has 2 fully saturated rings. The van der Waals surface area contributed by atoms with Crippen LogP contribution in [0, 0.1) is 17.8 Å². The molecule has 4 nitrogen and oxygen atoms in total. The van der Waals surface area contributed by atoms with E-state index in [4.69, 9.17) is 5.73 Å². The maximum absolute atomic E-state index is 12.5. The van der Waals surface area contributed by atoms with Gasteiger partial charge in [0.2, 0.25) is 5.91 Å². The molecule has 0 saturated heterocycles. The van der Waals surface area contributed by atoms with E-state index in [2.05, 4.69) is 24.1 Å². The van der Waals surface area contributed by atoms with Crippen LogP contribution in [0.15, 0.2) is 5.38 Å². The summed E-state index contributed by atoms with van der Waals surface area (Å²) in [6, 6.07) is 0.315. The Balaban J connectivity index is 1.63. The molecule has 1 aromatic rings. The number of aromatic nitrogens is 1. The Labute approximate surface area is 130 Å². The van der Waals surface area contributed by atoms with Crippen molar-refractivity contribution in [3.05, 3.63) is 11.1 Å². The summed E-state index contributed by atoms with van der Waals surface area (Å²) in [6.07, 6.45) is 5.56. The number of nitrogens with two attached hydrogens (primary N) is 1. The van der Waals surface area contributed by atoms with Gasteiger partial charge in [0.15, 0.2) is 5.13 Å². The largest absolute Gasteiger partial charge is 0.327 e. The number of thiazole rings is 1. The van der Waals surface area contributed by atoms with Gasteiger partial charge in [-0.2, -0.15) is 0 Å². The third-order valence-corrected chi connectivity index (χ3v) is 5.90. The SMILES string of the molecule is CC(C)c1csc(NC(=O)C2CC3CCCC(C2)C3N)n1. The van der Waals surface area contributed by atoms with Crippen molar-refractivity contribution in [1.82, 2.24) is 4.98 Å². The van der Waals surface area contributed by atoms with Crippen LogP contribution in [0.25, 0.3) is 0 Å². The third kappa shape index (κ3) is 3.14. The lowest BCUT2D eigenvalue weighted by molar-refractivity contribution is -0.122. The molecule has 0 aliphatic heterocycles. The van der Waals surface area contributed by atoms with Crippen LogP contribution in [-0.4, -0.2) is 16.9 Å². The smallest absolute Gasteiger partial charge is 0.229 e. The first-order valence-corrected chi connectivity index (χ1v) is 8.94. The fourth-order valence-electron chi connectivity index (χ4n) is 3.82. The summed E-state index contributed by atoms with van der Waals surface area (Å²) in [4.78, 5) is 17.0. The van der Waals surface area contributed by atoms with E-state index in [0.29, 0.717) is 23.8 Å². The summed E-state index contributed by atoms with van der Waals surface area (Å²) < 4.78 is 0. The molecule has 21 heavy (non-hydrogen) atoms. The Morgan fingerprint density at radius 2 is 2.05 bits per heavy atom. The van der Waals surface area contributed by atoms with Crippen molar-refractivity contribution in [2.75, 3.05) is 5.32 Å². The van der Waals surface area contributed by atoms with E-state index < -0.39 is 0 Å². The maximum atomic E-state index is 12.5. The summed E-state index contributed by atoms with van der Waals surface area (Å²) in [7, 11) is 0. The summed E-state index contributed by atoms with van der Waals surface area (Å²) in [5.41, 5.74) is 7.35. The van der Waals surface area contributed by atoms with E-state index in [9.17, 15) is 4.79 Å². The van der Waals surface area contributed by atoms with Crippen LogP contribution in [0.4, 0.5) is 5.13 Å². The second kappa shape index (κ2) is 6.05. The molecule has 0 aromatic carbocycles. The van der Waals surface area contributed by atoms with Crippen LogP contribution in [0.3, 0.4) is 0 Å². The Bertz CT molecular complexity index is 499. The van der Waals surface area contributed by atoms with Crippen molar-refractivity contribution < 1.29 is 4.79 Å². The molecule has 3 N–H and O–H groups in total. The van der Waals surface area contributed by atoms with Crippen LogP contribution in [0.1, 0.15) is 57.6 Å². The third-order valence-electron chi connectivity index (χ3n) is 5.13. The van der Waals surface area contributed by atoms with Crippen molar-refractivity contribution >= 4 is 22.4 Å². The van der Waals surface area contributed by atoms with Gasteiger partial charge in [0.25, 0.3) is 0 Å². The summed E-state index contributed by atoms with van der Waals surface area (Å²) in [5, 5.41) is 5.79. The van der Waals surface area contributed by atoms with Crippen molar-refractivity contribution in [1.29, 1.82) is 0 Å². The number of hydrogen-bond acceptors (Lipinski definition) is 4. The quantitative estimate of drug-likeness (QED) is 0.899. The highest BCUT2D eigenvalue weighted by molar-refractivity contribution is 7.13. The Kier molecular flexibility index (Phi) is 4.31. The molecule has 2 atom stereocenters. The van der Waals surface area contributed by atoms with Crippen LogP contribution in [-0.2, 0) is 4.79 Å². The van der Waals surface area contributed by atoms with E-state index in [1.807, 2.05) is 5.38 Å².